The van der Waals surface area contributed by atoms with E-state index in [1.807, 2.05) is 39.0 Å². The summed E-state index contributed by atoms with van der Waals surface area (Å²) in [5.41, 5.74) is 1.15. The van der Waals surface area contributed by atoms with Crippen LogP contribution in [0.5, 0.6) is 0 Å². The zero-order valence-electron chi connectivity index (χ0n) is 12.5. The van der Waals surface area contributed by atoms with E-state index in [9.17, 15) is 9.59 Å². The molecule has 2 heterocycles. The summed E-state index contributed by atoms with van der Waals surface area (Å²) in [7, 11) is 0. The molecule has 1 N–H and O–H groups in total. The fourth-order valence-corrected chi connectivity index (χ4v) is 2.22. The van der Waals surface area contributed by atoms with Crippen molar-refractivity contribution < 1.29 is 9.59 Å². The number of amides is 1. The van der Waals surface area contributed by atoms with Gasteiger partial charge in [-0.15, -0.1) is 0 Å². The number of aromatic nitrogens is 2. The summed E-state index contributed by atoms with van der Waals surface area (Å²) >= 11 is 0. The van der Waals surface area contributed by atoms with Crippen LogP contribution >= 0.6 is 0 Å². The monoisotopic (exact) mass is 288 g/mol. The van der Waals surface area contributed by atoms with E-state index in [4.69, 9.17) is 0 Å². The Hall–Kier alpha value is -2.37. The van der Waals surface area contributed by atoms with Crippen LogP contribution in [0.25, 0.3) is 5.65 Å². The molecule has 0 saturated carbocycles. The fourth-order valence-electron chi connectivity index (χ4n) is 2.22. The summed E-state index contributed by atoms with van der Waals surface area (Å²) in [5.74, 6) is 0.457. The van der Waals surface area contributed by atoms with E-state index in [-0.39, 0.29) is 18.5 Å². The number of anilines is 1. The minimum absolute atomic E-state index is 0.0826. The number of carbonyl (C=O) groups excluding carboxylic acids is 2. The second-order valence-corrected chi connectivity index (χ2v) is 5.10. The maximum Gasteiger partial charge on any atom is 0.239 e. The lowest BCUT2D eigenvalue weighted by Gasteiger charge is -2.21. The molecule has 1 amide bonds. The number of fused-ring (bicyclic) bond motifs is 1. The van der Waals surface area contributed by atoms with E-state index in [2.05, 4.69) is 10.3 Å². The summed E-state index contributed by atoms with van der Waals surface area (Å²) in [6.07, 6.45) is 2.57. The molecule has 0 spiro atoms. The number of nitrogens with zero attached hydrogens (tertiary/aromatic N) is 3. The average Bonchev–Trinajstić information content (AvgIpc) is 2.82. The molecular weight excluding hydrogens is 268 g/mol. The molecule has 0 aliphatic rings. The number of likely N-dealkylation sites (N-methyl/N-ethyl adjacent to an activating group) is 1. The number of rotatable bonds is 6. The molecule has 2 aromatic rings. The zero-order chi connectivity index (χ0) is 15.4. The Kier molecular flexibility index (Phi) is 4.57. The van der Waals surface area contributed by atoms with Crippen LogP contribution in [0.1, 0.15) is 31.3 Å². The predicted molar refractivity (Wildman–Crippen MR) is 81.7 cm³/mol. The SMILES string of the molecule is CCN(CC(=O)NC(C)C)c1nc2ccccn2c1C=O. The van der Waals surface area contributed by atoms with Gasteiger partial charge in [0.15, 0.2) is 12.1 Å². The highest BCUT2D eigenvalue weighted by Crippen LogP contribution is 2.19. The van der Waals surface area contributed by atoms with Crippen molar-refractivity contribution >= 4 is 23.7 Å². The van der Waals surface area contributed by atoms with Gasteiger partial charge in [0.25, 0.3) is 0 Å². The van der Waals surface area contributed by atoms with Gasteiger partial charge in [0, 0.05) is 18.8 Å². The first-order valence-corrected chi connectivity index (χ1v) is 7.03. The molecule has 21 heavy (non-hydrogen) atoms. The van der Waals surface area contributed by atoms with Gasteiger partial charge >= 0.3 is 0 Å². The van der Waals surface area contributed by atoms with Crippen LogP contribution < -0.4 is 10.2 Å². The molecule has 6 heteroatoms. The first kappa shape index (κ1) is 15.0. The van der Waals surface area contributed by atoms with Crippen LogP contribution in [0.3, 0.4) is 0 Å². The molecule has 0 radical (unpaired) electrons. The molecule has 0 fully saturated rings. The third-order valence-electron chi connectivity index (χ3n) is 3.12. The highest BCUT2D eigenvalue weighted by atomic mass is 16.2. The number of imidazole rings is 1. The Morgan fingerprint density at radius 1 is 1.48 bits per heavy atom. The summed E-state index contributed by atoms with van der Waals surface area (Å²) in [5, 5.41) is 2.85. The number of nitrogens with one attached hydrogen (secondary N) is 1. The molecule has 6 nitrogen and oxygen atoms in total. The van der Waals surface area contributed by atoms with Crippen molar-refractivity contribution in [2.45, 2.75) is 26.8 Å². The second kappa shape index (κ2) is 6.39. The highest BCUT2D eigenvalue weighted by molar-refractivity contribution is 5.86. The number of carbonyl (C=O) groups is 2. The van der Waals surface area contributed by atoms with Crippen LogP contribution in [-0.2, 0) is 4.79 Å². The molecule has 0 bridgehead atoms. The van der Waals surface area contributed by atoms with Gasteiger partial charge in [0.2, 0.25) is 5.91 Å². The Bertz CT molecular complexity index is 648. The minimum atomic E-state index is -0.0826. The molecule has 0 aliphatic heterocycles. The van der Waals surface area contributed by atoms with Crippen LogP contribution in [0.15, 0.2) is 24.4 Å². The third kappa shape index (κ3) is 3.21. The Morgan fingerprint density at radius 3 is 2.86 bits per heavy atom. The van der Waals surface area contributed by atoms with E-state index in [1.54, 1.807) is 15.5 Å². The zero-order valence-corrected chi connectivity index (χ0v) is 12.5. The van der Waals surface area contributed by atoms with Crippen molar-refractivity contribution in [1.29, 1.82) is 0 Å². The van der Waals surface area contributed by atoms with E-state index in [0.29, 0.717) is 23.7 Å². The summed E-state index contributed by atoms with van der Waals surface area (Å²) in [6, 6.07) is 5.62. The molecule has 112 valence electrons. The van der Waals surface area contributed by atoms with Crippen LogP contribution in [0.4, 0.5) is 5.82 Å². The lowest BCUT2D eigenvalue weighted by molar-refractivity contribution is -0.120. The molecule has 2 aromatic heterocycles. The summed E-state index contributed by atoms with van der Waals surface area (Å²) < 4.78 is 1.73. The minimum Gasteiger partial charge on any atom is -0.352 e. The van der Waals surface area contributed by atoms with E-state index in [0.717, 1.165) is 6.29 Å². The Morgan fingerprint density at radius 2 is 2.24 bits per heavy atom. The Balaban J connectivity index is 2.33. The van der Waals surface area contributed by atoms with Crippen molar-refractivity contribution in [3.63, 3.8) is 0 Å². The maximum absolute atomic E-state index is 11.9. The lowest BCUT2D eigenvalue weighted by Crippen LogP contribution is -2.40. The van der Waals surface area contributed by atoms with Crippen molar-refractivity contribution in [3.8, 4) is 0 Å². The first-order valence-electron chi connectivity index (χ1n) is 7.03. The molecular formula is C15H20N4O2. The quantitative estimate of drug-likeness (QED) is 0.818. The largest absolute Gasteiger partial charge is 0.352 e. The van der Waals surface area contributed by atoms with Gasteiger partial charge in [-0.3, -0.25) is 14.0 Å². The van der Waals surface area contributed by atoms with Gasteiger partial charge in [-0.25, -0.2) is 4.98 Å². The first-order chi connectivity index (χ1) is 10.1. The molecule has 0 saturated heterocycles. The fraction of sp³-hybridized carbons (Fsp3) is 0.400. The third-order valence-corrected chi connectivity index (χ3v) is 3.12. The maximum atomic E-state index is 11.9. The number of aldehydes is 1. The molecule has 0 atom stereocenters. The molecule has 0 unspecified atom stereocenters. The Labute approximate surface area is 123 Å². The van der Waals surface area contributed by atoms with Gasteiger partial charge < -0.3 is 10.2 Å². The van der Waals surface area contributed by atoms with Crippen LogP contribution in [0, 0.1) is 0 Å². The summed E-state index contributed by atoms with van der Waals surface area (Å²) in [4.78, 5) is 29.6. The van der Waals surface area contributed by atoms with E-state index >= 15 is 0 Å². The molecule has 0 aliphatic carbocycles. The van der Waals surface area contributed by atoms with Gasteiger partial charge in [-0.2, -0.15) is 0 Å². The van der Waals surface area contributed by atoms with E-state index < -0.39 is 0 Å². The highest BCUT2D eigenvalue weighted by Gasteiger charge is 2.19. The number of pyridine rings is 1. The smallest absolute Gasteiger partial charge is 0.239 e. The normalized spacial score (nSPS) is 10.9. The number of hydrogen-bond acceptors (Lipinski definition) is 4. The average molecular weight is 288 g/mol. The van der Waals surface area contributed by atoms with Crippen molar-refractivity contribution in [2.75, 3.05) is 18.0 Å². The standard InChI is InChI=1S/C15H20N4O2/c1-4-18(9-14(21)16-11(2)3)15-12(10-20)19-8-6-5-7-13(19)17-15/h5-8,10-11H,4,9H2,1-3H3,(H,16,21). The molecule has 2 rings (SSSR count). The van der Waals surface area contributed by atoms with Gasteiger partial charge in [0.1, 0.15) is 11.3 Å². The topological polar surface area (TPSA) is 66.7 Å². The van der Waals surface area contributed by atoms with Crippen molar-refractivity contribution in [3.05, 3.63) is 30.1 Å². The van der Waals surface area contributed by atoms with Gasteiger partial charge in [-0.05, 0) is 32.9 Å². The van der Waals surface area contributed by atoms with E-state index in [1.165, 1.54) is 0 Å². The summed E-state index contributed by atoms with van der Waals surface area (Å²) in [6.45, 7) is 6.53. The van der Waals surface area contributed by atoms with Gasteiger partial charge in [-0.1, -0.05) is 6.07 Å². The van der Waals surface area contributed by atoms with Crippen molar-refractivity contribution in [2.24, 2.45) is 0 Å². The number of hydrogen-bond donors (Lipinski definition) is 1. The lowest BCUT2D eigenvalue weighted by atomic mass is 10.3. The second-order valence-electron chi connectivity index (χ2n) is 5.10. The van der Waals surface area contributed by atoms with Crippen molar-refractivity contribution in [1.82, 2.24) is 14.7 Å². The predicted octanol–water partition coefficient (Wildman–Crippen LogP) is 1.50. The van der Waals surface area contributed by atoms with Crippen LogP contribution in [-0.4, -0.2) is 40.7 Å². The molecule has 0 aromatic carbocycles. The van der Waals surface area contributed by atoms with Crippen LogP contribution in [0.2, 0.25) is 0 Å². The van der Waals surface area contributed by atoms with Gasteiger partial charge in [0.05, 0.1) is 6.54 Å².